The van der Waals surface area contributed by atoms with Crippen molar-refractivity contribution in [3.05, 3.63) is 18.3 Å². The second-order valence-electron chi connectivity index (χ2n) is 3.48. The number of anilines is 1. The number of amides is 1. The molecule has 0 aromatic carbocycles. The van der Waals surface area contributed by atoms with Crippen LogP contribution in [-0.4, -0.2) is 25.1 Å². The number of rotatable bonds is 4. The number of nitrogen functional groups attached to an aromatic ring is 1. The third-order valence-electron chi connectivity index (χ3n) is 2.05. The van der Waals surface area contributed by atoms with E-state index in [-0.39, 0.29) is 16.5 Å². The summed E-state index contributed by atoms with van der Waals surface area (Å²) in [5.41, 5.74) is 10.6. The molecular weight excluding hydrogens is 230 g/mol. The van der Waals surface area contributed by atoms with Gasteiger partial charge >= 0.3 is 0 Å². The maximum absolute atomic E-state index is 11.8. The number of pyridine rings is 1. The Morgan fingerprint density at radius 2 is 2.19 bits per heavy atom. The van der Waals surface area contributed by atoms with Gasteiger partial charge in [0.05, 0.1) is 11.4 Å². The molecule has 0 aliphatic rings. The first kappa shape index (κ1) is 12.4. The van der Waals surface area contributed by atoms with E-state index in [2.05, 4.69) is 4.98 Å². The summed E-state index contributed by atoms with van der Waals surface area (Å²) in [5, 5.41) is -0.205. The van der Waals surface area contributed by atoms with Gasteiger partial charge in [0.2, 0.25) is 5.91 Å². The van der Waals surface area contributed by atoms with Crippen LogP contribution in [0.3, 0.4) is 0 Å². The van der Waals surface area contributed by atoms with Gasteiger partial charge in [0.15, 0.2) is 14.9 Å². The van der Waals surface area contributed by atoms with E-state index in [1.54, 1.807) is 0 Å². The van der Waals surface area contributed by atoms with Crippen LogP contribution in [0.15, 0.2) is 23.4 Å². The van der Waals surface area contributed by atoms with Crippen LogP contribution in [0.2, 0.25) is 0 Å². The second-order valence-corrected chi connectivity index (χ2v) is 5.43. The second kappa shape index (κ2) is 4.48. The first-order valence-electron chi connectivity index (χ1n) is 4.57. The third kappa shape index (κ3) is 2.69. The van der Waals surface area contributed by atoms with Gasteiger partial charge in [-0.05, 0) is 12.1 Å². The van der Waals surface area contributed by atoms with E-state index < -0.39 is 21.7 Å². The van der Waals surface area contributed by atoms with E-state index in [1.165, 1.54) is 25.3 Å². The molecule has 1 amide bonds. The van der Waals surface area contributed by atoms with Gasteiger partial charge in [-0.15, -0.1) is 0 Å². The maximum Gasteiger partial charge on any atom is 0.221 e. The van der Waals surface area contributed by atoms with Gasteiger partial charge in [0.25, 0.3) is 0 Å². The average Bonchev–Trinajstić information content (AvgIpc) is 2.17. The van der Waals surface area contributed by atoms with Crippen LogP contribution < -0.4 is 11.5 Å². The van der Waals surface area contributed by atoms with Crippen molar-refractivity contribution in [3.63, 3.8) is 0 Å². The topological polar surface area (TPSA) is 116 Å². The number of sulfone groups is 1. The van der Waals surface area contributed by atoms with Crippen molar-refractivity contribution in [2.75, 3.05) is 11.5 Å². The smallest absolute Gasteiger partial charge is 0.221 e. The van der Waals surface area contributed by atoms with Gasteiger partial charge in [-0.25, -0.2) is 13.4 Å². The Balaban J connectivity index is 3.04. The molecule has 1 aromatic heterocycles. The monoisotopic (exact) mass is 243 g/mol. The molecule has 7 heteroatoms. The Hall–Kier alpha value is -1.63. The first-order chi connectivity index (χ1) is 7.34. The number of nitrogens with zero attached hydrogens (tertiary/aromatic N) is 1. The van der Waals surface area contributed by atoms with Gasteiger partial charge in [0.1, 0.15) is 0 Å². The van der Waals surface area contributed by atoms with Crippen molar-refractivity contribution >= 4 is 21.4 Å². The Morgan fingerprint density at radius 1 is 1.56 bits per heavy atom. The molecule has 6 nitrogen and oxygen atoms in total. The van der Waals surface area contributed by atoms with Gasteiger partial charge in [-0.3, -0.25) is 4.79 Å². The molecule has 1 aromatic rings. The van der Waals surface area contributed by atoms with Crippen molar-refractivity contribution < 1.29 is 13.2 Å². The zero-order chi connectivity index (χ0) is 12.3. The van der Waals surface area contributed by atoms with E-state index in [0.29, 0.717) is 0 Å². The highest BCUT2D eigenvalue weighted by Gasteiger charge is 2.24. The summed E-state index contributed by atoms with van der Waals surface area (Å²) in [6.45, 7) is 1.44. The zero-order valence-corrected chi connectivity index (χ0v) is 9.57. The van der Waals surface area contributed by atoms with Crippen molar-refractivity contribution in [1.82, 2.24) is 4.98 Å². The Bertz CT molecular complexity index is 498. The molecule has 1 unspecified atom stereocenters. The fourth-order valence-corrected chi connectivity index (χ4v) is 2.78. The molecule has 1 rings (SSSR count). The standard InChI is InChI=1S/C9H13N3O3S/c1-6(8(11)13)5-16(14,15)9-7(10)3-2-4-12-9/h2-4,6H,5,10H2,1H3,(H2,11,13). The fourth-order valence-electron chi connectivity index (χ4n) is 1.15. The van der Waals surface area contributed by atoms with E-state index in [1.807, 2.05) is 0 Å². The summed E-state index contributed by atoms with van der Waals surface area (Å²) in [6, 6.07) is 2.97. The molecular formula is C9H13N3O3S. The minimum Gasteiger partial charge on any atom is -0.396 e. The van der Waals surface area contributed by atoms with Crippen LogP contribution in [0.5, 0.6) is 0 Å². The molecule has 0 aliphatic heterocycles. The normalized spacial score (nSPS) is 13.3. The minimum atomic E-state index is -3.67. The Labute approximate surface area is 93.6 Å². The van der Waals surface area contributed by atoms with Crippen LogP contribution in [0.25, 0.3) is 0 Å². The van der Waals surface area contributed by atoms with Crippen LogP contribution >= 0.6 is 0 Å². The van der Waals surface area contributed by atoms with E-state index in [0.717, 1.165) is 0 Å². The number of carbonyl (C=O) groups excluding carboxylic acids is 1. The lowest BCUT2D eigenvalue weighted by Crippen LogP contribution is -2.28. The highest BCUT2D eigenvalue weighted by Crippen LogP contribution is 2.17. The van der Waals surface area contributed by atoms with Crippen molar-refractivity contribution in [2.45, 2.75) is 11.9 Å². The van der Waals surface area contributed by atoms with Crippen LogP contribution in [0.1, 0.15) is 6.92 Å². The number of hydrogen-bond acceptors (Lipinski definition) is 5. The van der Waals surface area contributed by atoms with Gasteiger partial charge in [0, 0.05) is 12.1 Å². The molecule has 0 spiro atoms. The quantitative estimate of drug-likeness (QED) is 0.743. The lowest BCUT2D eigenvalue weighted by Gasteiger charge is -2.09. The SMILES string of the molecule is CC(CS(=O)(=O)c1ncccc1N)C(N)=O. The molecule has 1 atom stereocenters. The molecule has 16 heavy (non-hydrogen) atoms. The lowest BCUT2D eigenvalue weighted by molar-refractivity contribution is -0.120. The first-order valence-corrected chi connectivity index (χ1v) is 6.22. The summed E-state index contributed by atoms with van der Waals surface area (Å²) in [4.78, 5) is 14.5. The maximum atomic E-state index is 11.8. The van der Waals surface area contributed by atoms with Crippen molar-refractivity contribution in [1.29, 1.82) is 0 Å². The predicted octanol–water partition coefficient (Wildman–Crippen LogP) is -0.441. The van der Waals surface area contributed by atoms with E-state index >= 15 is 0 Å². The zero-order valence-electron chi connectivity index (χ0n) is 8.75. The molecule has 0 fully saturated rings. The van der Waals surface area contributed by atoms with Gasteiger partial charge < -0.3 is 11.5 Å². The van der Waals surface area contributed by atoms with Gasteiger partial charge in [-0.2, -0.15) is 0 Å². The van der Waals surface area contributed by atoms with Crippen molar-refractivity contribution in [3.8, 4) is 0 Å². The number of aromatic nitrogens is 1. The molecule has 1 heterocycles. The van der Waals surface area contributed by atoms with Crippen LogP contribution in [0, 0.1) is 5.92 Å². The third-order valence-corrected chi connectivity index (χ3v) is 3.92. The summed E-state index contributed by atoms with van der Waals surface area (Å²) in [7, 11) is -3.67. The summed E-state index contributed by atoms with van der Waals surface area (Å²) in [5.74, 6) is -1.83. The van der Waals surface area contributed by atoms with E-state index in [9.17, 15) is 13.2 Å². The van der Waals surface area contributed by atoms with E-state index in [4.69, 9.17) is 11.5 Å². The summed E-state index contributed by atoms with van der Waals surface area (Å²) < 4.78 is 23.6. The molecule has 0 saturated heterocycles. The Kier molecular flexibility index (Phi) is 3.48. The molecule has 0 saturated carbocycles. The van der Waals surface area contributed by atoms with Crippen LogP contribution in [0.4, 0.5) is 5.69 Å². The largest absolute Gasteiger partial charge is 0.396 e. The molecule has 4 N–H and O–H groups in total. The lowest BCUT2D eigenvalue weighted by atomic mass is 10.2. The fraction of sp³-hybridized carbons (Fsp3) is 0.333. The number of primary amides is 1. The molecule has 88 valence electrons. The number of carbonyl (C=O) groups is 1. The Morgan fingerprint density at radius 3 is 2.69 bits per heavy atom. The van der Waals surface area contributed by atoms with Gasteiger partial charge in [-0.1, -0.05) is 6.92 Å². The predicted molar refractivity (Wildman–Crippen MR) is 59.1 cm³/mol. The van der Waals surface area contributed by atoms with Crippen molar-refractivity contribution in [2.24, 2.45) is 11.7 Å². The summed E-state index contributed by atoms with van der Waals surface area (Å²) >= 11 is 0. The highest BCUT2D eigenvalue weighted by atomic mass is 32.2. The minimum absolute atomic E-state index is 0.0687. The molecule has 0 bridgehead atoms. The molecule has 0 aliphatic carbocycles. The molecule has 0 radical (unpaired) electrons. The van der Waals surface area contributed by atoms with Crippen LogP contribution in [-0.2, 0) is 14.6 Å². The average molecular weight is 243 g/mol. The highest BCUT2D eigenvalue weighted by molar-refractivity contribution is 7.91. The number of hydrogen-bond donors (Lipinski definition) is 2. The number of nitrogens with two attached hydrogens (primary N) is 2. The summed E-state index contributed by atoms with van der Waals surface area (Å²) in [6.07, 6.45) is 1.33.